The Kier molecular flexibility index (Phi) is 46.3. The number of phosphoric acid groups is 1. The molecule has 1 rings (SSSR count). The molecule has 0 spiro atoms. The Hall–Kier alpha value is -2.37. The molecule has 1 amide bonds. The molecule has 0 saturated carbocycles. The molecule has 17 nitrogen and oxygen atoms in total. The zero-order valence-electron chi connectivity index (χ0n) is 42.9. The highest BCUT2D eigenvalue weighted by Gasteiger charge is 2.21. The van der Waals surface area contributed by atoms with Crippen LogP contribution in [0.5, 0.6) is 0 Å². The molecular weight excluding hydrogens is 950 g/mol. The minimum atomic E-state index is -4.89. The molecule has 1 aromatic heterocycles. The zero-order chi connectivity index (χ0) is 49.6. The fraction of sp³-hybridized carbons (Fsp3) is 0.878. The van der Waals surface area contributed by atoms with E-state index in [0.717, 1.165) is 38.5 Å². The van der Waals surface area contributed by atoms with E-state index in [4.69, 9.17) is 51.2 Å². The molecule has 2 atom stereocenters. The van der Waals surface area contributed by atoms with Crippen molar-refractivity contribution in [3.05, 3.63) is 10.6 Å². The first-order valence-electron chi connectivity index (χ1n) is 26.3. The fourth-order valence-corrected chi connectivity index (χ4v) is 8.51. The topological polar surface area (TPSA) is 246 Å². The second kappa shape index (κ2) is 47.9. The number of amides is 1. The number of aromatic nitrogens is 3. The Morgan fingerprint density at radius 3 is 1.43 bits per heavy atom. The van der Waals surface area contributed by atoms with Crippen LogP contribution in [0, 0.1) is 0 Å². The monoisotopic (exact) mass is 1040 g/mol. The van der Waals surface area contributed by atoms with Crippen LogP contribution in [0.3, 0.4) is 0 Å². The van der Waals surface area contributed by atoms with Gasteiger partial charge in [0.25, 0.3) is 7.82 Å². The number of quaternary nitrogens is 1. The van der Waals surface area contributed by atoms with E-state index in [1.54, 1.807) is 0 Å². The van der Waals surface area contributed by atoms with Crippen LogP contribution in [0.15, 0.2) is 0 Å². The van der Waals surface area contributed by atoms with Crippen molar-refractivity contribution in [2.24, 2.45) is 0 Å². The number of phosphoric ester groups is 1. The van der Waals surface area contributed by atoms with Crippen molar-refractivity contribution in [1.82, 2.24) is 26.4 Å². The van der Waals surface area contributed by atoms with E-state index in [9.17, 15) is 23.8 Å². The molecule has 0 fully saturated rings. The molecule has 1 unspecified atom stereocenters. The van der Waals surface area contributed by atoms with E-state index in [1.807, 2.05) is 0 Å². The van der Waals surface area contributed by atoms with Gasteiger partial charge in [0.05, 0.1) is 26.4 Å². The van der Waals surface area contributed by atoms with Crippen molar-refractivity contribution in [3.63, 3.8) is 0 Å². The molecule has 0 aliphatic carbocycles. The summed E-state index contributed by atoms with van der Waals surface area (Å²) in [4.78, 5) is 61.4. The number of unbranched alkanes of at least 4 members (excludes halogenated alkanes) is 28. The number of anilines is 1. The van der Waals surface area contributed by atoms with Gasteiger partial charge in [0.1, 0.15) is 13.2 Å². The number of carbonyl (C=O) groups excluding carboxylic acids is 3. The Labute approximate surface area is 425 Å². The number of hydrogen-bond acceptors (Lipinski definition) is 15. The van der Waals surface area contributed by atoms with Crippen molar-refractivity contribution >= 4 is 55.0 Å². The molecule has 6 N–H and O–H groups in total. The first-order valence-corrected chi connectivity index (χ1v) is 28.5. The number of esters is 2. The lowest BCUT2D eigenvalue weighted by Gasteiger charge is -2.25. The maximum atomic E-state index is 12.8. The molecule has 1 heterocycles. The average molecular weight is 1040 g/mol. The molecule has 0 aromatic carbocycles. The summed E-state index contributed by atoms with van der Waals surface area (Å²) in [5.41, 5.74) is 0. The molecule has 69 heavy (non-hydrogen) atoms. The Balaban J connectivity index is 0.0000462. The standard InChI is InChI=1S/C49H90Cl2N5O11P.H3N/c1-3-5-7-9-11-13-15-17-19-21-23-25-27-29-31-33-44(57)64-41-43(67-45(58)34-32-30-28-26-24-22-20-18-16-14-12-10-8-6-4-2)42-66-68(60,61)65-38-36-53-49(59)63-40-39-62-37-35-52-48-55-46(50)54-47(51)56-48;/h43H,3-42H2,1-2H3,(H,53,59)(H,60,61)(H,52,54,55,56);1H3/t43-;/m1./s1. The molecule has 404 valence electrons. The highest BCUT2D eigenvalue weighted by Crippen LogP contribution is 2.38. The summed E-state index contributed by atoms with van der Waals surface area (Å²) in [7, 11) is -4.89. The summed E-state index contributed by atoms with van der Waals surface area (Å²) in [5, 5.41) is 5.13. The van der Waals surface area contributed by atoms with Gasteiger partial charge in [-0.05, 0) is 36.0 Å². The number of rotatable bonds is 49. The summed E-state index contributed by atoms with van der Waals surface area (Å²) in [6.45, 7) is 3.49. The molecule has 0 radical (unpaired) electrons. The van der Waals surface area contributed by atoms with Crippen LogP contribution in [-0.4, -0.2) is 91.8 Å². The first-order chi connectivity index (χ1) is 33.0. The largest absolute Gasteiger partial charge is 0.756 e. The number of carbonyl (C=O) groups is 3. The molecule has 0 aliphatic rings. The number of halogens is 2. The third-order valence-electron chi connectivity index (χ3n) is 11.3. The lowest BCUT2D eigenvalue weighted by Crippen LogP contribution is -2.31. The van der Waals surface area contributed by atoms with Crippen molar-refractivity contribution in [2.75, 3.05) is 58.0 Å². The van der Waals surface area contributed by atoms with Gasteiger partial charge in [-0.2, -0.15) is 15.0 Å². The first kappa shape index (κ1) is 66.6. The van der Waals surface area contributed by atoms with Crippen LogP contribution < -0.4 is 21.7 Å². The number of ether oxygens (including phenoxy) is 4. The number of nitrogens with zero attached hydrogens (tertiary/aromatic N) is 3. The maximum Gasteiger partial charge on any atom is 0.407 e. The second-order valence-corrected chi connectivity index (χ2v) is 19.7. The van der Waals surface area contributed by atoms with Gasteiger partial charge in [-0.1, -0.05) is 194 Å². The van der Waals surface area contributed by atoms with E-state index in [2.05, 4.69) is 39.4 Å². The summed E-state index contributed by atoms with van der Waals surface area (Å²) < 4.78 is 43.8. The summed E-state index contributed by atoms with van der Waals surface area (Å²) >= 11 is 11.5. The molecular formula is C49H93Cl2N6O11P. The maximum absolute atomic E-state index is 12.8. The summed E-state index contributed by atoms with van der Waals surface area (Å²) in [5.74, 6) is -0.776. The number of hydrogen-bond donors (Lipinski definition) is 3. The third kappa shape index (κ3) is 45.3. The van der Waals surface area contributed by atoms with Gasteiger partial charge >= 0.3 is 18.0 Å². The highest BCUT2D eigenvalue weighted by atomic mass is 35.5. The quantitative estimate of drug-likeness (QED) is 0.0238. The van der Waals surface area contributed by atoms with E-state index < -0.39 is 45.2 Å². The van der Waals surface area contributed by atoms with E-state index in [1.165, 1.54) is 141 Å². The third-order valence-corrected chi connectivity index (χ3v) is 12.6. The van der Waals surface area contributed by atoms with Crippen LogP contribution in [0.25, 0.3) is 0 Å². The van der Waals surface area contributed by atoms with Crippen molar-refractivity contribution < 1.29 is 51.8 Å². The van der Waals surface area contributed by atoms with E-state index in [0.29, 0.717) is 19.4 Å². The Morgan fingerprint density at radius 2 is 0.971 bits per heavy atom. The van der Waals surface area contributed by atoms with Gasteiger partial charge in [0, 0.05) is 25.9 Å². The fourth-order valence-electron chi connectivity index (χ4n) is 7.41. The lowest BCUT2D eigenvalue weighted by molar-refractivity contribution is -0.228. The normalized spacial score (nSPS) is 12.5. The lowest BCUT2D eigenvalue weighted by atomic mass is 10.0. The SMILES string of the molecule is CCCCCCCCCCCCCCCCCC(=O)OC[C@H](COP(=O)([O-])OCCNC(=O)OCCOCCNc1nc(Cl)nc(Cl)n1)OC(=O)CCCCCCCCCCCCCCCCC.[NH4+]. The van der Waals surface area contributed by atoms with Crippen LogP contribution in [0.1, 0.15) is 219 Å². The van der Waals surface area contributed by atoms with Gasteiger partial charge < -0.3 is 49.7 Å². The van der Waals surface area contributed by atoms with Crippen LogP contribution >= 0.6 is 31.0 Å². The Bertz CT molecular complexity index is 1420. The predicted molar refractivity (Wildman–Crippen MR) is 274 cm³/mol. The molecule has 0 saturated heterocycles. The second-order valence-electron chi connectivity index (χ2n) is 17.6. The van der Waals surface area contributed by atoms with E-state index >= 15 is 0 Å². The van der Waals surface area contributed by atoms with Gasteiger partial charge in [-0.15, -0.1) is 0 Å². The molecule has 0 aliphatic heterocycles. The van der Waals surface area contributed by atoms with Crippen LogP contribution in [-0.2, 0) is 42.1 Å². The van der Waals surface area contributed by atoms with Gasteiger partial charge in [0.2, 0.25) is 16.5 Å². The average Bonchev–Trinajstić information content (AvgIpc) is 3.30. The Morgan fingerprint density at radius 1 is 0.536 bits per heavy atom. The van der Waals surface area contributed by atoms with Crippen LogP contribution in [0.4, 0.5) is 10.7 Å². The number of nitrogens with one attached hydrogen (secondary N) is 2. The van der Waals surface area contributed by atoms with Gasteiger partial charge in [0.15, 0.2) is 6.10 Å². The van der Waals surface area contributed by atoms with Gasteiger partial charge in [-0.25, -0.2) is 4.79 Å². The summed E-state index contributed by atoms with van der Waals surface area (Å²) in [6.07, 6.45) is 34.8. The van der Waals surface area contributed by atoms with Crippen molar-refractivity contribution in [1.29, 1.82) is 0 Å². The minimum absolute atomic E-state index is 0. The predicted octanol–water partition coefficient (Wildman–Crippen LogP) is 13.2. The molecule has 1 aromatic rings. The van der Waals surface area contributed by atoms with Crippen molar-refractivity contribution in [3.8, 4) is 0 Å². The highest BCUT2D eigenvalue weighted by molar-refractivity contribution is 7.45. The van der Waals surface area contributed by atoms with Crippen molar-refractivity contribution in [2.45, 2.75) is 225 Å². The molecule has 20 heteroatoms. The van der Waals surface area contributed by atoms with E-state index in [-0.39, 0.29) is 68.5 Å². The van der Waals surface area contributed by atoms with Gasteiger partial charge in [-0.3, -0.25) is 14.2 Å². The van der Waals surface area contributed by atoms with Crippen LogP contribution in [0.2, 0.25) is 10.6 Å². The smallest absolute Gasteiger partial charge is 0.407 e. The number of alkyl carbamates (subject to hydrolysis) is 1. The minimum Gasteiger partial charge on any atom is -0.756 e. The summed E-state index contributed by atoms with van der Waals surface area (Å²) in [6, 6.07) is 0. The molecule has 0 bridgehead atoms. The zero-order valence-corrected chi connectivity index (χ0v) is 45.3.